The van der Waals surface area contributed by atoms with Gasteiger partial charge in [0.15, 0.2) is 0 Å². The molecule has 0 saturated carbocycles. The molecule has 0 radical (unpaired) electrons. The number of rotatable bonds is 3. The largest absolute Gasteiger partial charge is 0.456 e. The van der Waals surface area contributed by atoms with Crippen LogP contribution in [0.25, 0.3) is 9.75 Å². The standard InChI is InChI=1S/C15H18BrNO2S2/c1-5-8-10(17)13(14(18)19-15(2,3)4)21-11(8)12-9(16)6-7-20-12/h6-7H,5,17H2,1-4H3. The second kappa shape index (κ2) is 6.10. The number of esters is 1. The summed E-state index contributed by atoms with van der Waals surface area (Å²) in [7, 11) is 0. The van der Waals surface area contributed by atoms with Gasteiger partial charge in [0.25, 0.3) is 0 Å². The Morgan fingerprint density at radius 3 is 2.52 bits per heavy atom. The van der Waals surface area contributed by atoms with Crippen LogP contribution in [0.4, 0.5) is 5.69 Å². The number of halogens is 1. The molecule has 2 aromatic rings. The van der Waals surface area contributed by atoms with Crippen molar-refractivity contribution in [2.45, 2.75) is 39.7 Å². The number of ether oxygens (including phenoxy) is 1. The minimum absolute atomic E-state index is 0.348. The molecule has 0 aliphatic carbocycles. The van der Waals surface area contributed by atoms with E-state index in [9.17, 15) is 4.79 Å². The molecule has 0 saturated heterocycles. The summed E-state index contributed by atoms with van der Waals surface area (Å²) in [6.07, 6.45) is 0.783. The number of hydrogen-bond acceptors (Lipinski definition) is 5. The zero-order chi connectivity index (χ0) is 15.8. The monoisotopic (exact) mass is 387 g/mol. The average Bonchev–Trinajstić information content (AvgIpc) is 2.90. The Labute approximate surface area is 141 Å². The van der Waals surface area contributed by atoms with Crippen LogP contribution in [-0.4, -0.2) is 11.6 Å². The molecule has 0 atom stereocenters. The molecule has 21 heavy (non-hydrogen) atoms. The molecule has 3 nitrogen and oxygen atoms in total. The molecule has 2 aromatic heterocycles. The van der Waals surface area contributed by atoms with Gasteiger partial charge in [0.1, 0.15) is 10.5 Å². The third kappa shape index (κ3) is 3.49. The maximum Gasteiger partial charge on any atom is 0.351 e. The Bertz CT molecular complexity index is 668. The van der Waals surface area contributed by atoms with Gasteiger partial charge in [0.05, 0.1) is 15.4 Å². The fourth-order valence-electron chi connectivity index (χ4n) is 1.94. The number of anilines is 1. The minimum atomic E-state index is -0.524. The van der Waals surface area contributed by atoms with E-state index in [2.05, 4.69) is 15.9 Å². The van der Waals surface area contributed by atoms with Gasteiger partial charge in [-0.25, -0.2) is 4.79 Å². The van der Waals surface area contributed by atoms with Crippen molar-refractivity contribution in [1.29, 1.82) is 0 Å². The Morgan fingerprint density at radius 2 is 2.05 bits per heavy atom. The van der Waals surface area contributed by atoms with Crippen LogP contribution in [0.3, 0.4) is 0 Å². The minimum Gasteiger partial charge on any atom is -0.456 e. The maximum atomic E-state index is 12.3. The number of nitrogen functional groups attached to an aromatic ring is 1. The number of thiophene rings is 2. The molecule has 2 heterocycles. The first kappa shape index (κ1) is 16.5. The normalized spacial score (nSPS) is 11.7. The molecule has 0 aromatic carbocycles. The van der Waals surface area contributed by atoms with Gasteiger partial charge in [-0.2, -0.15) is 0 Å². The van der Waals surface area contributed by atoms with Crippen LogP contribution in [0.1, 0.15) is 42.9 Å². The third-order valence-electron chi connectivity index (χ3n) is 2.81. The first-order valence-electron chi connectivity index (χ1n) is 6.62. The molecule has 0 unspecified atom stereocenters. The van der Waals surface area contributed by atoms with Gasteiger partial charge in [-0.3, -0.25) is 0 Å². The molecule has 114 valence electrons. The molecule has 2 rings (SSSR count). The number of carbonyl (C=O) groups excluding carboxylic acids is 1. The van der Waals surface area contributed by atoms with E-state index in [4.69, 9.17) is 10.5 Å². The summed E-state index contributed by atoms with van der Waals surface area (Å²) < 4.78 is 6.48. The van der Waals surface area contributed by atoms with Crippen molar-refractivity contribution in [3.63, 3.8) is 0 Å². The van der Waals surface area contributed by atoms with Gasteiger partial charge >= 0.3 is 5.97 Å². The Balaban J connectivity index is 2.49. The van der Waals surface area contributed by atoms with Gasteiger partial charge < -0.3 is 10.5 Å². The lowest BCUT2D eigenvalue weighted by Gasteiger charge is -2.19. The smallest absolute Gasteiger partial charge is 0.351 e. The fraction of sp³-hybridized carbons (Fsp3) is 0.400. The predicted molar refractivity (Wildman–Crippen MR) is 94.3 cm³/mol. The van der Waals surface area contributed by atoms with E-state index in [0.717, 1.165) is 26.2 Å². The van der Waals surface area contributed by atoms with Crippen molar-refractivity contribution < 1.29 is 9.53 Å². The first-order chi connectivity index (χ1) is 9.74. The number of nitrogens with two attached hydrogens (primary N) is 1. The van der Waals surface area contributed by atoms with Gasteiger partial charge in [0.2, 0.25) is 0 Å². The second-order valence-corrected chi connectivity index (χ2v) is 8.40. The van der Waals surface area contributed by atoms with Gasteiger partial charge in [0, 0.05) is 4.47 Å². The van der Waals surface area contributed by atoms with Crippen LogP contribution in [0.15, 0.2) is 15.9 Å². The summed E-state index contributed by atoms with van der Waals surface area (Å²) in [4.78, 5) is 15.0. The van der Waals surface area contributed by atoms with Crippen molar-refractivity contribution in [2.75, 3.05) is 5.73 Å². The van der Waals surface area contributed by atoms with E-state index < -0.39 is 5.60 Å². The molecule has 0 aliphatic rings. The molecule has 2 N–H and O–H groups in total. The Kier molecular flexibility index (Phi) is 4.80. The summed E-state index contributed by atoms with van der Waals surface area (Å²) in [6, 6.07) is 2.00. The summed E-state index contributed by atoms with van der Waals surface area (Å²) in [5.74, 6) is -0.348. The summed E-state index contributed by atoms with van der Waals surface area (Å²) in [5, 5.41) is 2.02. The molecule has 0 aliphatic heterocycles. The van der Waals surface area contributed by atoms with E-state index in [0.29, 0.717) is 10.6 Å². The maximum absolute atomic E-state index is 12.3. The van der Waals surface area contributed by atoms with Gasteiger partial charge in [-0.15, -0.1) is 22.7 Å². The molecule has 0 spiro atoms. The van der Waals surface area contributed by atoms with Crippen molar-refractivity contribution in [1.82, 2.24) is 0 Å². The lowest BCUT2D eigenvalue weighted by Crippen LogP contribution is -2.23. The van der Waals surface area contributed by atoms with E-state index in [1.807, 2.05) is 39.1 Å². The highest BCUT2D eigenvalue weighted by molar-refractivity contribution is 9.10. The summed E-state index contributed by atoms with van der Waals surface area (Å²) >= 11 is 6.59. The Hall–Kier alpha value is -0.850. The van der Waals surface area contributed by atoms with Crippen molar-refractivity contribution >= 4 is 50.3 Å². The van der Waals surface area contributed by atoms with E-state index in [1.165, 1.54) is 11.3 Å². The SMILES string of the molecule is CCc1c(-c2sccc2Br)sc(C(=O)OC(C)(C)C)c1N. The summed E-state index contributed by atoms with van der Waals surface area (Å²) in [5.41, 5.74) is 7.23. The van der Waals surface area contributed by atoms with Crippen LogP contribution < -0.4 is 5.73 Å². The van der Waals surface area contributed by atoms with Crippen molar-refractivity contribution in [3.05, 3.63) is 26.4 Å². The highest BCUT2D eigenvalue weighted by atomic mass is 79.9. The lowest BCUT2D eigenvalue weighted by molar-refractivity contribution is 0.00763. The molecular weight excluding hydrogens is 370 g/mol. The average molecular weight is 388 g/mol. The van der Waals surface area contributed by atoms with Crippen LogP contribution in [0.2, 0.25) is 0 Å². The van der Waals surface area contributed by atoms with Crippen molar-refractivity contribution in [3.8, 4) is 9.75 Å². The highest BCUT2D eigenvalue weighted by Gasteiger charge is 2.26. The zero-order valence-corrected chi connectivity index (χ0v) is 15.7. The molecule has 6 heteroatoms. The number of hydrogen-bond donors (Lipinski definition) is 1. The molecule has 0 fully saturated rings. The van der Waals surface area contributed by atoms with Crippen LogP contribution in [0.5, 0.6) is 0 Å². The number of carbonyl (C=O) groups is 1. The quantitative estimate of drug-likeness (QED) is 0.723. The predicted octanol–water partition coefficient (Wildman–Crippen LogP) is 5.34. The first-order valence-corrected chi connectivity index (χ1v) is 9.11. The molecular formula is C15H18BrNO2S2. The van der Waals surface area contributed by atoms with Crippen LogP contribution in [-0.2, 0) is 11.2 Å². The second-order valence-electron chi connectivity index (χ2n) is 5.61. The van der Waals surface area contributed by atoms with Crippen LogP contribution in [0, 0.1) is 0 Å². The summed E-state index contributed by atoms with van der Waals surface area (Å²) in [6.45, 7) is 7.60. The van der Waals surface area contributed by atoms with E-state index in [-0.39, 0.29) is 5.97 Å². The van der Waals surface area contributed by atoms with E-state index >= 15 is 0 Å². The Morgan fingerprint density at radius 1 is 1.38 bits per heavy atom. The van der Waals surface area contributed by atoms with Gasteiger partial charge in [-0.1, -0.05) is 6.92 Å². The van der Waals surface area contributed by atoms with Gasteiger partial charge in [-0.05, 0) is 60.1 Å². The molecule has 0 amide bonds. The van der Waals surface area contributed by atoms with Crippen LogP contribution >= 0.6 is 38.6 Å². The highest BCUT2D eigenvalue weighted by Crippen LogP contribution is 2.44. The zero-order valence-electron chi connectivity index (χ0n) is 12.5. The molecule has 0 bridgehead atoms. The topological polar surface area (TPSA) is 52.3 Å². The van der Waals surface area contributed by atoms with E-state index in [1.54, 1.807) is 11.3 Å². The third-order valence-corrected chi connectivity index (χ3v) is 6.04. The fourth-order valence-corrected chi connectivity index (χ4v) is 5.02. The van der Waals surface area contributed by atoms with Crippen molar-refractivity contribution in [2.24, 2.45) is 0 Å². The lowest BCUT2D eigenvalue weighted by atomic mass is 10.1.